The van der Waals surface area contributed by atoms with Crippen LogP contribution in [0, 0.1) is 28.8 Å². The first-order chi connectivity index (χ1) is 11.9. The van der Waals surface area contributed by atoms with Gasteiger partial charge in [0.05, 0.1) is 5.69 Å². The van der Waals surface area contributed by atoms with Crippen LogP contribution >= 0.6 is 11.6 Å². The van der Waals surface area contributed by atoms with E-state index >= 15 is 0 Å². The normalized spacial score (nSPS) is 10.9. The third-order valence-electron chi connectivity index (χ3n) is 3.14. The minimum atomic E-state index is -1.65. The van der Waals surface area contributed by atoms with Crippen LogP contribution in [0.15, 0.2) is 48.2 Å². The molecule has 2 rings (SSSR count). The van der Waals surface area contributed by atoms with Crippen molar-refractivity contribution in [2.45, 2.75) is 6.54 Å². The minimum absolute atomic E-state index is 0.147. The number of hydrogen-bond acceptors (Lipinski definition) is 3. The van der Waals surface area contributed by atoms with E-state index in [9.17, 15) is 18.0 Å². The van der Waals surface area contributed by atoms with Crippen molar-refractivity contribution in [3.05, 3.63) is 76.2 Å². The van der Waals surface area contributed by atoms with Gasteiger partial charge in [-0.3, -0.25) is 4.79 Å². The van der Waals surface area contributed by atoms with E-state index in [1.54, 1.807) is 30.3 Å². The number of benzene rings is 2. The Morgan fingerprint density at radius 1 is 1.12 bits per heavy atom. The molecule has 2 aromatic rings. The van der Waals surface area contributed by atoms with Gasteiger partial charge in [0.15, 0.2) is 17.5 Å². The molecule has 0 bridgehead atoms. The number of nitrogens with one attached hydrogen (secondary N) is 2. The smallest absolute Gasteiger partial charge is 0.263 e. The molecular formula is C17H11ClF3N3O. The molecule has 0 spiro atoms. The fourth-order valence-corrected chi connectivity index (χ4v) is 1.94. The number of anilines is 1. The predicted molar refractivity (Wildman–Crippen MR) is 86.9 cm³/mol. The Morgan fingerprint density at radius 2 is 1.80 bits per heavy atom. The first-order valence-electron chi connectivity index (χ1n) is 6.95. The van der Waals surface area contributed by atoms with Crippen LogP contribution < -0.4 is 10.6 Å². The Morgan fingerprint density at radius 3 is 2.44 bits per heavy atom. The monoisotopic (exact) mass is 365 g/mol. The van der Waals surface area contributed by atoms with E-state index in [2.05, 4.69) is 10.6 Å². The Kier molecular flexibility index (Phi) is 6.03. The summed E-state index contributed by atoms with van der Waals surface area (Å²) in [5.74, 6) is -5.15. The third-order valence-corrected chi connectivity index (χ3v) is 3.39. The topological polar surface area (TPSA) is 64.9 Å². The van der Waals surface area contributed by atoms with Crippen LogP contribution in [0.4, 0.5) is 18.9 Å². The van der Waals surface area contributed by atoms with E-state index in [1.165, 1.54) is 0 Å². The highest BCUT2D eigenvalue weighted by molar-refractivity contribution is 6.30. The molecule has 1 amide bonds. The fourth-order valence-electron chi connectivity index (χ4n) is 1.82. The zero-order chi connectivity index (χ0) is 18.4. The van der Waals surface area contributed by atoms with Crippen molar-refractivity contribution in [3.8, 4) is 6.07 Å². The largest absolute Gasteiger partial charge is 0.358 e. The van der Waals surface area contributed by atoms with E-state index < -0.39 is 29.0 Å². The number of carbonyl (C=O) groups is 1. The first-order valence-corrected chi connectivity index (χ1v) is 7.33. The van der Waals surface area contributed by atoms with E-state index in [1.807, 2.05) is 0 Å². The van der Waals surface area contributed by atoms with Crippen molar-refractivity contribution < 1.29 is 18.0 Å². The zero-order valence-corrected chi connectivity index (χ0v) is 13.4. The molecule has 0 aromatic heterocycles. The maximum absolute atomic E-state index is 13.5. The summed E-state index contributed by atoms with van der Waals surface area (Å²) < 4.78 is 39.5. The third kappa shape index (κ3) is 4.75. The molecule has 25 heavy (non-hydrogen) atoms. The van der Waals surface area contributed by atoms with Crippen LogP contribution in [-0.2, 0) is 11.3 Å². The molecule has 0 atom stereocenters. The van der Waals surface area contributed by atoms with Crippen molar-refractivity contribution in [2.24, 2.45) is 0 Å². The van der Waals surface area contributed by atoms with Crippen LogP contribution in [0.2, 0.25) is 5.02 Å². The molecule has 0 aliphatic carbocycles. The summed E-state index contributed by atoms with van der Waals surface area (Å²) in [7, 11) is 0. The van der Waals surface area contributed by atoms with Gasteiger partial charge in [-0.15, -0.1) is 0 Å². The van der Waals surface area contributed by atoms with E-state index in [-0.39, 0.29) is 12.1 Å². The molecular weight excluding hydrogens is 355 g/mol. The van der Waals surface area contributed by atoms with E-state index in [0.29, 0.717) is 5.02 Å². The summed E-state index contributed by atoms with van der Waals surface area (Å²) in [6.07, 6.45) is 0.910. The maximum Gasteiger partial charge on any atom is 0.263 e. The predicted octanol–water partition coefficient (Wildman–Crippen LogP) is 3.89. The summed E-state index contributed by atoms with van der Waals surface area (Å²) in [5.41, 5.74) is -0.00935. The summed E-state index contributed by atoms with van der Waals surface area (Å²) in [6.45, 7) is 0.147. The number of halogens is 4. The van der Waals surface area contributed by atoms with Gasteiger partial charge in [0, 0.05) is 17.8 Å². The number of carbonyl (C=O) groups excluding carboxylic acids is 1. The number of rotatable bonds is 5. The Hall–Kier alpha value is -2.98. The highest BCUT2D eigenvalue weighted by atomic mass is 35.5. The minimum Gasteiger partial charge on any atom is -0.358 e. The van der Waals surface area contributed by atoms with Gasteiger partial charge in [0.25, 0.3) is 5.91 Å². The molecule has 0 radical (unpaired) electrons. The van der Waals surface area contributed by atoms with Gasteiger partial charge in [-0.05, 0) is 29.8 Å². The Bertz CT molecular complexity index is 861. The molecule has 0 heterocycles. The summed E-state index contributed by atoms with van der Waals surface area (Å²) >= 11 is 5.75. The van der Waals surface area contributed by atoms with Gasteiger partial charge in [0.1, 0.15) is 11.6 Å². The van der Waals surface area contributed by atoms with Gasteiger partial charge in [-0.2, -0.15) is 5.26 Å². The lowest BCUT2D eigenvalue weighted by Crippen LogP contribution is -2.24. The number of nitriles is 1. The SMILES string of the molecule is N#C/C(=C/Nc1ccc(F)c(F)c1F)C(=O)NCc1ccc(Cl)cc1. The highest BCUT2D eigenvalue weighted by Gasteiger charge is 2.14. The van der Waals surface area contributed by atoms with Gasteiger partial charge in [-0.25, -0.2) is 13.2 Å². The van der Waals surface area contributed by atoms with Crippen molar-refractivity contribution >= 4 is 23.2 Å². The van der Waals surface area contributed by atoms with Crippen molar-refractivity contribution in [3.63, 3.8) is 0 Å². The number of nitrogens with zero attached hydrogens (tertiary/aromatic N) is 1. The molecule has 2 N–H and O–H groups in total. The molecule has 2 aromatic carbocycles. The lowest BCUT2D eigenvalue weighted by molar-refractivity contribution is -0.117. The fraction of sp³-hybridized carbons (Fsp3) is 0.0588. The molecule has 0 fully saturated rings. The molecule has 4 nitrogen and oxygen atoms in total. The Labute approximate surface area is 146 Å². The van der Waals surface area contributed by atoms with Gasteiger partial charge < -0.3 is 10.6 Å². The van der Waals surface area contributed by atoms with E-state index in [4.69, 9.17) is 16.9 Å². The molecule has 0 unspecified atom stereocenters. The molecule has 0 aliphatic rings. The number of amides is 1. The van der Waals surface area contributed by atoms with Crippen LogP contribution in [-0.4, -0.2) is 5.91 Å². The van der Waals surface area contributed by atoms with Crippen LogP contribution in [0.5, 0.6) is 0 Å². The second-order valence-electron chi connectivity index (χ2n) is 4.85. The molecule has 0 saturated carbocycles. The average Bonchev–Trinajstić information content (AvgIpc) is 2.61. The van der Waals surface area contributed by atoms with Crippen molar-refractivity contribution in [1.29, 1.82) is 5.26 Å². The molecule has 0 aliphatic heterocycles. The standard InChI is InChI=1S/C17H11ClF3N3O/c18-12-3-1-10(2-4-12)8-24-17(25)11(7-22)9-23-14-6-5-13(19)15(20)16(14)21/h1-6,9,23H,8H2,(H,24,25)/b11-9-. The van der Waals surface area contributed by atoms with Gasteiger partial charge in [-0.1, -0.05) is 23.7 Å². The molecule has 8 heteroatoms. The molecule has 0 saturated heterocycles. The molecule has 128 valence electrons. The van der Waals surface area contributed by atoms with Crippen LogP contribution in [0.25, 0.3) is 0 Å². The average molecular weight is 366 g/mol. The lowest BCUT2D eigenvalue weighted by Gasteiger charge is -2.07. The second-order valence-corrected chi connectivity index (χ2v) is 5.28. The maximum atomic E-state index is 13.5. The van der Waals surface area contributed by atoms with Gasteiger partial charge in [0.2, 0.25) is 0 Å². The summed E-state index contributed by atoms with van der Waals surface area (Å²) in [6, 6.07) is 10.0. The first kappa shape index (κ1) is 18.4. The Balaban J connectivity index is 2.04. The van der Waals surface area contributed by atoms with Crippen LogP contribution in [0.3, 0.4) is 0 Å². The van der Waals surface area contributed by atoms with Gasteiger partial charge >= 0.3 is 0 Å². The quantitative estimate of drug-likeness (QED) is 0.480. The van der Waals surface area contributed by atoms with E-state index in [0.717, 1.165) is 23.9 Å². The summed E-state index contributed by atoms with van der Waals surface area (Å²) in [5, 5.41) is 14.3. The summed E-state index contributed by atoms with van der Waals surface area (Å²) in [4.78, 5) is 11.9. The second kappa shape index (κ2) is 8.22. The van der Waals surface area contributed by atoms with Crippen LogP contribution in [0.1, 0.15) is 5.56 Å². The zero-order valence-electron chi connectivity index (χ0n) is 12.6. The lowest BCUT2D eigenvalue weighted by atomic mass is 10.2. The number of hydrogen-bond donors (Lipinski definition) is 2. The van der Waals surface area contributed by atoms with Crippen molar-refractivity contribution in [1.82, 2.24) is 5.32 Å². The highest BCUT2D eigenvalue weighted by Crippen LogP contribution is 2.19. The van der Waals surface area contributed by atoms with Crippen molar-refractivity contribution in [2.75, 3.05) is 5.32 Å².